The Labute approximate surface area is 132 Å². The predicted molar refractivity (Wildman–Crippen MR) is 91.7 cm³/mol. The number of nitrogens with one attached hydrogen (secondary N) is 1. The SMILES string of the molecule is CC(C)CNCC(C)C(C)N1CCN(C2CCCC2)CC1. The van der Waals surface area contributed by atoms with Gasteiger partial charge in [-0.2, -0.15) is 0 Å². The predicted octanol–water partition coefficient (Wildman–Crippen LogP) is 2.82. The van der Waals surface area contributed by atoms with Crippen molar-refractivity contribution in [1.82, 2.24) is 15.1 Å². The summed E-state index contributed by atoms with van der Waals surface area (Å²) in [7, 11) is 0. The second-order valence-corrected chi connectivity index (χ2v) is 7.78. The van der Waals surface area contributed by atoms with Gasteiger partial charge in [0.1, 0.15) is 0 Å². The molecule has 1 heterocycles. The molecule has 2 unspecified atom stereocenters. The number of nitrogens with zero attached hydrogens (tertiary/aromatic N) is 2. The Kier molecular flexibility index (Phi) is 6.97. The van der Waals surface area contributed by atoms with Crippen LogP contribution >= 0.6 is 0 Å². The lowest BCUT2D eigenvalue weighted by atomic mass is 10.0. The second-order valence-electron chi connectivity index (χ2n) is 7.78. The lowest BCUT2D eigenvalue weighted by molar-refractivity contribution is 0.0588. The van der Waals surface area contributed by atoms with Crippen molar-refractivity contribution < 1.29 is 0 Å². The van der Waals surface area contributed by atoms with Crippen LogP contribution in [0.3, 0.4) is 0 Å². The summed E-state index contributed by atoms with van der Waals surface area (Å²) in [6.45, 7) is 16.8. The molecule has 2 fully saturated rings. The number of rotatable bonds is 7. The highest BCUT2D eigenvalue weighted by Gasteiger charge is 2.29. The van der Waals surface area contributed by atoms with Gasteiger partial charge >= 0.3 is 0 Å². The van der Waals surface area contributed by atoms with E-state index in [1.54, 1.807) is 0 Å². The van der Waals surface area contributed by atoms with E-state index >= 15 is 0 Å². The summed E-state index contributed by atoms with van der Waals surface area (Å²) in [4.78, 5) is 5.48. The molecule has 0 aromatic heterocycles. The van der Waals surface area contributed by atoms with Crippen molar-refractivity contribution >= 4 is 0 Å². The quantitative estimate of drug-likeness (QED) is 0.779. The summed E-state index contributed by atoms with van der Waals surface area (Å²) in [5, 5.41) is 3.62. The molecule has 1 saturated carbocycles. The Morgan fingerprint density at radius 3 is 2.10 bits per heavy atom. The van der Waals surface area contributed by atoms with Gasteiger partial charge in [0.25, 0.3) is 0 Å². The maximum atomic E-state index is 3.62. The van der Waals surface area contributed by atoms with Crippen LogP contribution in [-0.2, 0) is 0 Å². The van der Waals surface area contributed by atoms with Gasteiger partial charge in [-0.05, 0) is 44.7 Å². The van der Waals surface area contributed by atoms with E-state index in [-0.39, 0.29) is 0 Å². The first-order valence-corrected chi connectivity index (χ1v) is 9.26. The largest absolute Gasteiger partial charge is 0.316 e. The van der Waals surface area contributed by atoms with Crippen molar-refractivity contribution in [2.24, 2.45) is 11.8 Å². The maximum absolute atomic E-state index is 3.62. The zero-order chi connectivity index (χ0) is 15.2. The normalized spacial score (nSPS) is 25.6. The summed E-state index contributed by atoms with van der Waals surface area (Å²) < 4.78 is 0. The van der Waals surface area contributed by atoms with E-state index in [1.807, 2.05) is 0 Å². The summed E-state index contributed by atoms with van der Waals surface area (Å²) in [6.07, 6.45) is 5.82. The van der Waals surface area contributed by atoms with Gasteiger partial charge in [-0.1, -0.05) is 33.6 Å². The molecule has 1 aliphatic heterocycles. The first-order chi connectivity index (χ1) is 10.1. The average Bonchev–Trinajstić information content (AvgIpc) is 3.00. The van der Waals surface area contributed by atoms with Crippen molar-refractivity contribution in [2.75, 3.05) is 39.3 Å². The molecule has 21 heavy (non-hydrogen) atoms. The average molecular weight is 296 g/mol. The Morgan fingerprint density at radius 2 is 1.52 bits per heavy atom. The highest BCUT2D eigenvalue weighted by atomic mass is 15.3. The molecular formula is C18H37N3. The molecule has 2 rings (SSSR count). The molecule has 0 aromatic rings. The highest BCUT2D eigenvalue weighted by molar-refractivity contribution is 4.85. The van der Waals surface area contributed by atoms with E-state index in [1.165, 1.54) is 51.9 Å². The topological polar surface area (TPSA) is 18.5 Å². The van der Waals surface area contributed by atoms with E-state index in [0.29, 0.717) is 6.04 Å². The molecule has 0 bridgehead atoms. The van der Waals surface area contributed by atoms with Gasteiger partial charge in [0, 0.05) is 38.3 Å². The van der Waals surface area contributed by atoms with Gasteiger partial charge < -0.3 is 5.32 Å². The van der Waals surface area contributed by atoms with Crippen LogP contribution in [0.5, 0.6) is 0 Å². The van der Waals surface area contributed by atoms with Crippen molar-refractivity contribution in [2.45, 2.75) is 65.5 Å². The summed E-state index contributed by atoms with van der Waals surface area (Å²) >= 11 is 0. The number of hydrogen-bond donors (Lipinski definition) is 1. The monoisotopic (exact) mass is 295 g/mol. The fourth-order valence-electron chi connectivity index (χ4n) is 3.91. The molecule has 1 aliphatic carbocycles. The summed E-state index contributed by atoms with van der Waals surface area (Å²) in [6, 6.07) is 1.61. The van der Waals surface area contributed by atoms with Gasteiger partial charge in [0.15, 0.2) is 0 Å². The van der Waals surface area contributed by atoms with Crippen molar-refractivity contribution in [3.05, 3.63) is 0 Å². The second kappa shape index (κ2) is 8.50. The smallest absolute Gasteiger partial charge is 0.0113 e. The minimum Gasteiger partial charge on any atom is -0.316 e. The van der Waals surface area contributed by atoms with Gasteiger partial charge in [0.05, 0.1) is 0 Å². The molecule has 1 saturated heterocycles. The van der Waals surface area contributed by atoms with Crippen LogP contribution in [0.4, 0.5) is 0 Å². The van der Waals surface area contributed by atoms with Gasteiger partial charge in [0.2, 0.25) is 0 Å². The standard InChI is InChI=1S/C18H37N3/c1-15(2)13-19-14-16(3)17(4)20-9-11-21(12-10-20)18-7-5-6-8-18/h15-19H,5-14H2,1-4H3. The molecule has 0 amide bonds. The lowest BCUT2D eigenvalue weighted by Gasteiger charge is -2.42. The third-order valence-corrected chi connectivity index (χ3v) is 5.61. The Hall–Kier alpha value is -0.120. The van der Waals surface area contributed by atoms with Crippen LogP contribution < -0.4 is 5.32 Å². The Bertz CT molecular complexity index is 278. The summed E-state index contributed by atoms with van der Waals surface area (Å²) in [5.41, 5.74) is 0. The van der Waals surface area contributed by atoms with E-state index in [2.05, 4.69) is 42.8 Å². The zero-order valence-electron chi connectivity index (χ0n) is 14.8. The number of hydrogen-bond acceptors (Lipinski definition) is 3. The van der Waals surface area contributed by atoms with Crippen molar-refractivity contribution in [3.63, 3.8) is 0 Å². The van der Waals surface area contributed by atoms with Gasteiger partial charge in [-0.15, -0.1) is 0 Å². The Morgan fingerprint density at radius 1 is 0.905 bits per heavy atom. The highest BCUT2D eigenvalue weighted by Crippen LogP contribution is 2.25. The fourth-order valence-corrected chi connectivity index (χ4v) is 3.91. The number of piperazine rings is 1. The summed E-state index contributed by atoms with van der Waals surface area (Å²) in [5.74, 6) is 1.49. The van der Waals surface area contributed by atoms with Crippen LogP contribution in [0, 0.1) is 11.8 Å². The van der Waals surface area contributed by atoms with E-state index in [4.69, 9.17) is 0 Å². The van der Waals surface area contributed by atoms with Gasteiger partial charge in [-0.3, -0.25) is 9.80 Å². The van der Waals surface area contributed by atoms with Crippen LogP contribution in [-0.4, -0.2) is 61.2 Å². The van der Waals surface area contributed by atoms with Crippen LogP contribution in [0.15, 0.2) is 0 Å². The van der Waals surface area contributed by atoms with Crippen LogP contribution in [0.25, 0.3) is 0 Å². The molecule has 3 nitrogen and oxygen atoms in total. The first kappa shape index (κ1) is 17.2. The minimum atomic E-state index is 0.704. The molecular weight excluding hydrogens is 258 g/mol. The molecule has 3 heteroatoms. The molecule has 1 N–H and O–H groups in total. The van der Waals surface area contributed by atoms with E-state index in [9.17, 15) is 0 Å². The third kappa shape index (κ3) is 5.22. The van der Waals surface area contributed by atoms with Crippen LogP contribution in [0.2, 0.25) is 0 Å². The maximum Gasteiger partial charge on any atom is 0.0113 e. The first-order valence-electron chi connectivity index (χ1n) is 9.26. The molecule has 0 aromatic carbocycles. The van der Waals surface area contributed by atoms with E-state index in [0.717, 1.165) is 31.0 Å². The molecule has 2 aliphatic rings. The molecule has 124 valence electrons. The van der Waals surface area contributed by atoms with Crippen molar-refractivity contribution in [3.8, 4) is 0 Å². The minimum absolute atomic E-state index is 0.704. The Balaban J connectivity index is 1.68. The van der Waals surface area contributed by atoms with Crippen molar-refractivity contribution in [1.29, 1.82) is 0 Å². The van der Waals surface area contributed by atoms with E-state index < -0.39 is 0 Å². The molecule has 0 radical (unpaired) electrons. The molecule has 0 spiro atoms. The third-order valence-electron chi connectivity index (χ3n) is 5.61. The fraction of sp³-hybridized carbons (Fsp3) is 1.00. The van der Waals surface area contributed by atoms with Crippen LogP contribution in [0.1, 0.15) is 53.4 Å². The molecule has 2 atom stereocenters. The lowest BCUT2D eigenvalue weighted by Crippen LogP contribution is -2.54. The zero-order valence-corrected chi connectivity index (χ0v) is 14.8. The van der Waals surface area contributed by atoms with Gasteiger partial charge in [-0.25, -0.2) is 0 Å².